The second-order valence-corrected chi connectivity index (χ2v) is 4.57. The molecule has 0 aliphatic rings. The Kier molecular flexibility index (Phi) is 4.12. The zero-order valence-corrected chi connectivity index (χ0v) is 11.3. The Morgan fingerprint density at radius 1 is 1.22 bits per heavy atom. The number of benzene rings is 1. The van der Waals surface area contributed by atoms with Gasteiger partial charge in [-0.1, -0.05) is 23.7 Å². The second kappa shape index (κ2) is 5.80. The maximum absolute atomic E-state index is 6.11. The van der Waals surface area contributed by atoms with Gasteiger partial charge in [0.25, 0.3) is 0 Å². The molecule has 2 rings (SSSR count). The van der Waals surface area contributed by atoms with Crippen molar-refractivity contribution in [1.82, 2.24) is 4.98 Å². The van der Waals surface area contributed by atoms with Gasteiger partial charge >= 0.3 is 0 Å². The van der Waals surface area contributed by atoms with Crippen LogP contribution in [0.25, 0.3) is 0 Å². The van der Waals surface area contributed by atoms with Gasteiger partial charge in [0.1, 0.15) is 0 Å². The topological polar surface area (TPSA) is 37.0 Å². The quantitative estimate of drug-likeness (QED) is 0.818. The fraction of sp³-hybridized carbons (Fsp3) is 0.0769. The van der Waals surface area contributed by atoms with Crippen molar-refractivity contribution in [1.29, 1.82) is 0 Å². The van der Waals surface area contributed by atoms with Crippen LogP contribution in [0, 0.1) is 6.92 Å². The average molecular weight is 278 g/mol. The van der Waals surface area contributed by atoms with Gasteiger partial charge in [0, 0.05) is 6.20 Å². The molecule has 0 unspecified atom stereocenters. The Morgan fingerprint density at radius 3 is 2.72 bits per heavy atom. The van der Waals surface area contributed by atoms with E-state index in [-0.39, 0.29) is 0 Å². The number of aromatic nitrogens is 1. The smallest absolute Gasteiger partial charge is 0.175 e. The number of halogens is 1. The highest BCUT2D eigenvalue weighted by Gasteiger charge is 2.05. The molecule has 3 nitrogen and oxygen atoms in total. The lowest BCUT2D eigenvalue weighted by Gasteiger charge is -2.13. The minimum Gasteiger partial charge on any atom is -0.331 e. The molecule has 0 bridgehead atoms. The van der Waals surface area contributed by atoms with Gasteiger partial charge in [0.2, 0.25) is 0 Å². The van der Waals surface area contributed by atoms with Gasteiger partial charge in [0.05, 0.1) is 22.6 Å². The van der Waals surface area contributed by atoms with E-state index in [9.17, 15) is 0 Å². The van der Waals surface area contributed by atoms with Crippen molar-refractivity contribution in [3.05, 3.63) is 53.3 Å². The summed E-state index contributed by atoms with van der Waals surface area (Å²) >= 11 is 11.3. The van der Waals surface area contributed by atoms with Gasteiger partial charge < -0.3 is 10.6 Å². The number of thiocarbonyl (C=S) groups is 1. The third-order valence-corrected chi connectivity index (χ3v) is 2.90. The molecule has 1 heterocycles. The van der Waals surface area contributed by atoms with Crippen LogP contribution in [0.2, 0.25) is 5.02 Å². The Balaban J connectivity index is 2.08. The monoisotopic (exact) mass is 277 g/mol. The molecule has 1 aromatic heterocycles. The van der Waals surface area contributed by atoms with Gasteiger partial charge in [0.15, 0.2) is 5.11 Å². The van der Waals surface area contributed by atoms with Crippen LogP contribution in [0.4, 0.5) is 11.4 Å². The van der Waals surface area contributed by atoms with Crippen LogP contribution in [0.15, 0.2) is 42.7 Å². The lowest BCUT2D eigenvalue weighted by Crippen LogP contribution is -2.19. The minimum atomic E-state index is 0.485. The van der Waals surface area contributed by atoms with E-state index < -0.39 is 0 Å². The third kappa shape index (κ3) is 3.18. The summed E-state index contributed by atoms with van der Waals surface area (Å²) in [5.74, 6) is 0. The molecule has 2 aromatic rings. The summed E-state index contributed by atoms with van der Waals surface area (Å²) < 4.78 is 0. The molecule has 0 aliphatic carbocycles. The Hall–Kier alpha value is -1.65. The number of anilines is 2. The van der Waals surface area contributed by atoms with Crippen molar-refractivity contribution in [3.8, 4) is 0 Å². The van der Waals surface area contributed by atoms with Crippen molar-refractivity contribution >= 4 is 40.3 Å². The molecule has 18 heavy (non-hydrogen) atoms. The first kappa shape index (κ1) is 12.8. The molecule has 1 aromatic carbocycles. The highest BCUT2D eigenvalue weighted by molar-refractivity contribution is 7.80. The molecular weight excluding hydrogens is 266 g/mol. The predicted molar refractivity (Wildman–Crippen MR) is 80.3 cm³/mol. The highest BCUT2D eigenvalue weighted by atomic mass is 35.5. The van der Waals surface area contributed by atoms with Gasteiger partial charge in [-0.25, -0.2) is 0 Å². The molecule has 0 atom stereocenters. The number of aryl methyl sites for hydroxylation is 1. The zero-order valence-electron chi connectivity index (χ0n) is 9.77. The van der Waals surface area contributed by atoms with Gasteiger partial charge in [-0.3, -0.25) is 4.98 Å². The maximum Gasteiger partial charge on any atom is 0.175 e. The highest BCUT2D eigenvalue weighted by Crippen LogP contribution is 2.25. The summed E-state index contributed by atoms with van der Waals surface area (Å²) in [6.07, 6.45) is 3.41. The number of nitrogens with one attached hydrogen (secondary N) is 2. The fourth-order valence-electron chi connectivity index (χ4n) is 1.50. The average Bonchev–Trinajstić information content (AvgIpc) is 2.35. The van der Waals surface area contributed by atoms with Crippen LogP contribution >= 0.6 is 23.8 Å². The molecule has 0 radical (unpaired) electrons. The summed E-state index contributed by atoms with van der Waals surface area (Å²) in [4.78, 5) is 4.00. The number of nitrogens with zero attached hydrogens (tertiary/aromatic N) is 1. The first-order chi connectivity index (χ1) is 8.66. The molecular formula is C13H12ClN3S. The standard InChI is InChI=1S/C13H12ClN3S/c1-9-4-2-6-11(14)12(9)17-13(18)16-10-5-3-7-15-8-10/h2-8H,1H3,(H2,16,17,18). The molecule has 0 saturated heterocycles. The summed E-state index contributed by atoms with van der Waals surface area (Å²) in [6, 6.07) is 9.43. The van der Waals surface area contributed by atoms with E-state index in [1.807, 2.05) is 37.3 Å². The minimum absolute atomic E-state index is 0.485. The summed E-state index contributed by atoms with van der Waals surface area (Å²) in [7, 11) is 0. The Morgan fingerprint density at radius 2 is 2.06 bits per heavy atom. The lowest BCUT2D eigenvalue weighted by molar-refractivity contribution is 1.33. The van der Waals surface area contributed by atoms with Gasteiger partial charge in [-0.05, 0) is 42.9 Å². The predicted octanol–water partition coefficient (Wildman–Crippen LogP) is 3.85. The van der Waals surface area contributed by atoms with E-state index in [1.54, 1.807) is 12.4 Å². The summed E-state index contributed by atoms with van der Waals surface area (Å²) in [5.41, 5.74) is 2.69. The third-order valence-electron chi connectivity index (χ3n) is 2.38. The Bertz CT molecular complexity index is 537. The summed E-state index contributed by atoms with van der Waals surface area (Å²) in [5, 5.41) is 7.26. The first-order valence-corrected chi connectivity index (χ1v) is 6.18. The van der Waals surface area contributed by atoms with Crippen LogP contribution in [-0.4, -0.2) is 10.1 Å². The van der Waals surface area contributed by atoms with Crippen LogP contribution in [-0.2, 0) is 0 Å². The molecule has 0 amide bonds. The SMILES string of the molecule is Cc1cccc(Cl)c1NC(=S)Nc1cccnc1. The molecule has 2 N–H and O–H groups in total. The van der Waals surface area contributed by atoms with Crippen molar-refractivity contribution in [2.45, 2.75) is 6.92 Å². The second-order valence-electron chi connectivity index (χ2n) is 3.75. The molecule has 0 spiro atoms. The normalized spacial score (nSPS) is 9.89. The maximum atomic E-state index is 6.11. The number of rotatable bonds is 2. The van der Waals surface area contributed by atoms with E-state index >= 15 is 0 Å². The lowest BCUT2D eigenvalue weighted by atomic mass is 10.2. The van der Waals surface area contributed by atoms with Crippen molar-refractivity contribution in [3.63, 3.8) is 0 Å². The largest absolute Gasteiger partial charge is 0.331 e. The van der Waals surface area contributed by atoms with Crippen LogP contribution in [0.1, 0.15) is 5.56 Å². The van der Waals surface area contributed by atoms with E-state index in [0.717, 1.165) is 16.9 Å². The summed E-state index contributed by atoms with van der Waals surface area (Å²) in [6.45, 7) is 1.97. The number of hydrogen-bond acceptors (Lipinski definition) is 2. The van der Waals surface area contributed by atoms with E-state index in [0.29, 0.717) is 10.1 Å². The molecule has 0 saturated carbocycles. The van der Waals surface area contributed by atoms with Crippen molar-refractivity contribution in [2.75, 3.05) is 10.6 Å². The number of para-hydroxylation sites is 1. The zero-order chi connectivity index (χ0) is 13.0. The fourth-order valence-corrected chi connectivity index (χ4v) is 1.99. The number of hydrogen-bond donors (Lipinski definition) is 2. The van der Waals surface area contributed by atoms with Crippen molar-refractivity contribution < 1.29 is 0 Å². The van der Waals surface area contributed by atoms with Crippen molar-refractivity contribution in [2.24, 2.45) is 0 Å². The molecule has 0 aliphatic heterocycles. The first-order valence-electron chi connectivity index (χ1n) is 5.40. The number of pyridine rings is 1. The van der Waals surface area contributed by atoms with E-state index in [1.165, 1.54) is 0 Å². The van der Waals surface area contributed by atoms with Crippen LogP contribution < -0.4 is 10.6 Å². The van der Waals surface area contributed by atoms with Crippen LogP contribution in [0.5, 0.6) is 0 Å². The van der Waals surface area contributed by atoms with Gasteiger partial charge in [-0.2, -0.15) is 0 Å². The van der Waals surface area contributed by atoms with Crippen LogP contribution in [0.3, 0.4) is 0 Å². The molecule has 0 fully saturated rings. The van der Waals surface area contributed by atoms with Gasteiger partial charge in [-0.15, -0.1) is 0 Å². The molecule has 92 valence electrons. The molecule has 5 heteroatoms. The van der Waals surface area contributed by atoms with E-state index in [2.05, 4.69) is 15.6 Å². The van der Waals surface area contributed by atoms with E-state index in [4.69, 9.17) is 23.8 Å². The Labute approximate surface area is 116 Å².